The lowest BCUT2D eigenvalue weighted by atomic mass is 10.1. The number of alkyl halides is 3. The van der Waals surface area contributed by atoms with E-state index in [2.05, 4.69) is 13.8 Å². The molecule has 0 aromatic rings. The summed E-state index contributed by atoms with van der Waals surface area (Å²) in [6.45, 7) is 4.20. The lowest BCUT2D eigenvalue weighted by Crippen LogP contribution is -2.05. The van der Waals surface area contributed by atoms with E-state index in [1.165, 1.54) is 0 Å². The monoisotopic (exact) mass is 194 g/mol. The molecule has 0 nitrogen and oxygen atoms in total. The van der Waals surface area contributed by atoms with E-state index in [0.29, 0.717) is 5.92 Å². The minimum Gasteiger partial charge on any atom is -0.171 e. The van der Waals surface area contributed by atoms with Crippen LogP contribution < -0.4 is 0 Å². The van der Waals surface area contributed by atoms with Crippen molar-refractivity contribution in [2.75, 3.05) is 0 Å². The summed E-state index contributed by atoms with van der Waals surface area (Å²) in [7, 11) is 0. The summed E-state index contributed by atoms with van der Waals surface area (Å²) in [4.78, 5) is 0. The zero-order valence-corrected chi connectivity index (χ0v) is 8.19. The maximum atomic E-state index is 11.7. The zero-order chi connectivity index (χ0) is 10.3. The van der Waals surface area contributed by atoms with E-state index in [9.17, 15) is 13.2 Å². The Morgan fingerprint density at radius 1 is 1.08 bits per heavy atom. The summed E-state index contributed by atoms with van der Waals surface area (Å²) in [5, 5.41) is 0. The Kier molecular flexibility index (Phi) is 5.84. The Morgan fingerprint density at radius 3 is 2.08 bits per heavy atom. The lowest BCUT2D eigenvalue weighted by molar-refractivity contribution is -0.133. The smallest absolute Gasteiger partial charge is 0.171 e. The van der Waals surface area contributed by atoms with Gasteiger partial charge in [-0.3, -0.25) is 0 Å². The molecule has 0 heterocycles. The number of allylic oxidation sites excluding steroid dienone is 2. The lowest BCUT2D eigenvalue weighted by Gasteiger charge is -2.02. The molecule has 0 aliphatic carbocycles. The van der Waals surface area contributed by atoms with Crippen LogP contribution in [-0.2, 0) is 0 Å². The van der Waals surface area contributed by atoms with Crippen molar-refractivity contribution in [1.82, 2.24) is 0 Å². The number of hydrogen-bond donors (Lipinski definition) is 0. The minimum atomic E-state index is -4.01. The van der Waals surface area contributed by atoms with Gasteiger partial charge in [-0.2, -0.15) is 13.2 Å². The zero-order valence-electron chi connectivity index (χ0n) is 8.19. The molecule has 0 N–H and O–H groups in total. The first-order valence-electron chi connectivity index (χ1n) is 4.63. The molecule has 0 spiro atoms. The summed E-state index contributed by atoms with van der Waals surface area (Å²) in [5.41, 5.74) is 0. The van der Waals surface area contributed by atoms with Gasteiger partial charge in [-0.1, -0.05) is 26.0 Å². The van der Waals surface area contributed by atoms with Crippen molar-refractivity contribution in [3.8, 4) is 0 Å². The van der Waals surface area contributed by atoms with E-state index >= 15 is 0 Å². The van der Waals surface area contributed by atoms with Crippen molar-refractivity contribution in [2.24, 2.45) is 5.92 Å². The van der Waals surface area contributed by atoms with Gasteiger partial charge in [-0.15, -0.1) is 0 Å². The second-order valence-corrected chi connectivity index (χ2v) is 3.60. The standard InChI is InChI=1S/C10H17F3/c1-9(2)7-5-3-4-6-8-10(11,12)13/h3-4,9H,5-8H2,1-2H3. The van der Waals surface area contributed by atoms with Gasteiger partial charge < -0.3 is 0 Å². The molecule has 0 fully saturated rings. The molecule has 0 rings (SSSR count). The highest BCUT2D eigenvalue weighted by molar-refractivity contribution is 4.82. The molecule has 78 valence electrons. The molecule has 0 atom stereocenters. The topological polar surface area (TPSA) is 0 Å². The SMILES string of the molecule is CC(C)CCC=CCCC(F)(F)F. The van der Waals surface area contributed by atoms with Crippen molar-refractivity contribution in [2.45, 2.75) is 45.7 Å². The third-order valence-corrected chi connectivity index (χ3v) is 1.67. The van der Waals surface area contributed by atoms with E-state index in [-0.39, 0.29) is 6.42 Å². The molecule has 0 aromatic heterocycles. The minimum absolute atomic E-state index is 0.113. The summed E-state index contributed by atoms with van der Waals surface area (Å²) in [6, 6.07) is 0. The van der Waals surface area contributed by atoms with Crippen LogP contribution in [0.5, 0.6) is 0 Å². The van der Waals surface area contributed by atoms with Gasteiger partial charge in [0.15, 0.2) is 0 Å². The number of halogens is 3. The van der Waals surface area contributed by atoms with E-state index in [1.807, 2.05) is 6.08 Å². The van der Waals surface area contributed by atoms with Gasteiger partial charge in [0.25, 0.3) is 0 Å². The first-order chi connectivity index (χ1) is 5.92. The maximum absolute atomic E-state index is 11.7. The molecule has 0 aromatic carbocycles. The fourth-order valence-corrected chi connectivity index (χ4v) is 0.912. The van der Waals surface area contributed by atoms with Gasteiger partial charge in [0, 0.05) is 6.42 Å². The highest BCUT2D eigenvalue weighted by Crippen LogP contribution is 2.21. The van der Waals surface area contributed by atoms with E-state index < -0.39 is 12.6 Å². The Hall–Kier alpha value is -0.470. The summed E-state index contributed by atoms with van der Waals surface area (Å²) in [6.07, 6.45) is 0.787. The van der Waals surface area contributed by atoms with Gasteiger partial charge >= 0.3 is 6.18 Å². The molecular formula is C10H17F3. The van der Waals surface area contributed by atoms with Crippen molar-refractivity contribution in [1.29, 1.82) is 0 Å². The van der Waals surface area contributed by atoms with Crippen LogP contribution in [0, 0.1) is 5.92 Å². The molecule has 0 bridgehead atoms. The van der Waals surface area contributed by atoms with Gasteiger partial charge in [0.05, 0.1) is 0 Å². The van der Waals surface area contributed by atoms with Crippen molar-refractivity contribution >= 4 is 0 Å². The quantitative estimate of drug-likeness (QED) is 0.572. The molecule has 0 amide bonds. The molecule has 0 radical (unpaired) electrons. The summed E-state index contributed by atoms with van der Waals surface area (Å²) < 4.78 is 35.0. The second-order valence-electron chi connectivity index (χ2n) is 3.60. The molecule has 0 saturated heterocycles. The fourth-order valence-electron chi connectivity index (χ4n) is 0.912. The van der Waals surface area contributed by atoms with Gasteiger partial charge in [-0.05, 0) is 25.2 Å². The maximum Gasteiger partial charge on any atom is 0.389 e. The Bertz CT molecular complexity index is 145. The largest absolute Gasteiger partial charge is 0.389 e. The van der Waals surface area contributed by atoms with E-state index in [0.717, 1.165) is 12.8 Å². The molecular weight excluding hydrogens is 177 g/mol. The van der Waals surface area contributed by atoms with Crippen molar-refractivity contribution in [3.63, 3.8) is 0 Å². The molecule has 13 heavy (non-hydrogen) atoms. The average Bonchev–Trinajstić information content (AvgIpc) is 1.93. The van der Waals surface area contributed by atoms with Gasteiger partial charge in [0.2, 0.25) is 0 Å². The van der Waals surface area contributed by atoms with Crippen LogP contribution in [0.3, 0.4) is 0 Å². The third-order valence-electron chi connectivity index (χ3n) is 1.67. The van der Waals surface area contributed by atoms with Crippen LogP contribution in [-0.4, -0.2) is 6.18 Å². The van der Waals surface area contributed by atoms with Gasteiger partial charge in [0.1, 0.15) is 0 Å². The van der Waals surface area contributed by atoms with Crippen LogP contribution in [0.4, 0.5) is 13.2 Å². The Morgan fingerprint density at radius 2 is 1.62 bits per heavy atom. The summed E-state index contributed by atoms with van der Waals surface area (Å²) in [5.74, 6) is 0.618. The van der Waals surface area contributed by atoms with Crippen LogP contribution in [0.1, 0.15) is 39.5 Å². The first-order valence-corrected chi connectivity index (χ1v) is 4.63. The Labute approximate surface area is 77.8 Å². The predicted molar refractivity (Wildman–Crippen MR) is 48.5 cm³/mol. The second kappa shape index (κ2) is 6.06. The molecule has 0 aliphatic rings. The summed E-state index contributed by atoms with van der Waals surface area (Å²) >= 11 is 0. The van der Waals surface area contributed by atoms with Crippen LogP contribution in [0.2, 0.25) is 0 Å². The van der Waals surface area contributed by atoms with Crippen LogP contribution in [0.25, 0.3) is 0 Å². The highest BCUT2D eigenvalue weighted by atomic mass is 19.4. The molecule has 3 heteroatoms. The predicted octanol–water partition coefficient (Wildman–Crippen LogP) is 4.32. The number of hydrogen-bond acceptors (Lipinski definition) is 0. The first kappa shape index (κ1) is 12.5. The van der Waals surface area contributed by atoms with Crippen molar-refractivity contribution < 1.29 is 13.2 Å². The molecule has 0 unspecified atom stereocenters. The van der Waals surface area contributed by atoms with Crippen molar-refractivity contribution in [3.05, 3.63) is 12.2 Å². The molecule has 0 aliphatic heterocycles. The number of rotatable bonds is 5. The van der Waals surface area contributed by atoms with Crippen LogP contribution in [0.15, 0.2) is 12.2 Å². The average molecular weight is 194 g/mol. The van der Waals surface area contributed by atoms with E-state index in [1.54, 1.807) is 6.08 Å². The third kappa shape index (κ3) is 11.5. The highest BCUT2D eigenvalue weighted by Gasteiger charge is 2.25. The molecule has 0 saturated carbocycles. The normalized spacial score (nSPS) is 13.1. The Balaban J connectivity index is 3.32. The van der Waals surface area contributed by atoms with E-state index in [4.69, 9.17) is 0 Å². The van der Waals surface area contributed by atoms with Crippen LogP contribution >= 0.6 is 0 Å². The van der Waals surface area contributed by atoms with Gasteiger partial charge in [-0.25, -0.2) is 0 Å². The fraction of sp³-hybridized carbons (Fsp3) is 0.800.